The summed E-state index contributed by atoms with van der Waals surface area (Å²) < 4.78 is 1.20. The number of benzene rings is 1. The average molecular weight is 351 g/mol. The summed E-state index contributed by atoms with van der Waals surface area (Å²) >= 11 is 3.62. The van der Waals surface area contributed by atoms with E-state index in [0.29, 0.717) is 5.54 Å². The van der Waals surface area contributed by atoms with Crippen molar-refractivity contribution < 1.29 is 0 Å². The minimum Gasteiger partial charge on any atom is -0.369 e. The molecule has 0 bridgehead atoms. The first-order valence-electron chi connectivity index (χ1n) is 8.51. The van der Waals surface area contributed by atoms with Gasteiger partial charge in [0.25, 0.3) is 0 Å². The second-order valence-electron chi connectivity index (χ2n) is 6.67. The Morgan fingerprint density at radius 3 is 2.76 bits per heavy atom. The smallest absolute Gasteiger partial charge is 0.0400 e. The lowest BCUT2D eigenvalue weighted by molar-refractivity contribution is 0.246. The molecule has 2 nitrogen and oxygen atoms in total. The first kappa shape index (κ1) is 15.4. The average Bonchev–Trinajstić information content (AvgIpc) is 2.70. The fraction of sp³-hybridized carbons (Fsp3) is 0.667. The first-order chi connectivity index (χ1) is 10.2. The van der Waals surface area contributed by atoms with Crippen LogP contribution in [0.5, 0.6) is 0 Å². The number of rotatable bonds is 2. The highest BCUT2D eigenvalue weighted by Gasteiger charge is 2.35. The number of nitrogens with one attached hydrogen (secondary N) is 1. The maximum Gasteiger partial charge on any atom is 0.0400 e. The summed E-state index contributed by atoms with van der Waals surface area (Å²) in [6.45, 7) is 5.80. The second-order valence-corrected chi connectivity index (χ2v) is 7.59. The summed E-state index contributed by atoms with van der Waals surface area (Å²) in [5, 5.41) is 3.89. The summed E-state index contributed by atoms with van der Waals surface area (Å²) in [4.78, 5) is 2.65. The van der Waals surface area contributed by atoms with Gasteiger partial charge < -0.3 is 10.2 Å². The predicted molar refractivity (Wildman–Crippen MR) is 94.2 cm³/mol. The highest BCUT2D eigenvalue weighted by molar-refractivity contribution is 9.10. The van der Waals surface area contributed by atoms with Gasteiger partial charge in [-0.15, -0.1) is 0 Å². The third-order valence-electron chi connectivity index (χ3n) is 5.17. The van der Waals surface area contributed by atoms with Gasteiger partial charge in [-0.25, -0.2) is 0 Å². The molecular formula is C18H27BrN2. The van der Waals surface area contributed by atoms with Gasteiger partial charge in [-0.3, -0.25) is 0 Å². The molecule has 0 amide bonds. The van der Waals surface area contributed by atoms with Crippen molar-refractivity contribution in [1.82, 2.24) is 5.32 Å². The van der Waals surface area contributed by atoms with E-state index in [1.807, 2.05) is 0 Å². The van der Waals surface area contributed by atoms with Crippen molar-refractivity contribution in [1.29, 1.82) is 0 Å². The van der Waals surface area contributed by atoms with Crippen LogP contribution in [0.25, 0.3) is 0 Å². The third-order valence-corrected chi connectivity index (χ3v) is 5.67. The van der Waals surface area contributed by atoms with Gasteiger partial charge in [0.1, 0.15) is 0 Å². The van der Waals surface area contributed by atoms with Crippen molar-refractivity contribution in [3.8, 4) is 0 Å². The Labute approximate surface area is 137 Å². The zero-order valence-corrected chi connectivity index (χ0v) is 14.7. The molecule has 1 aliphatic heterocycles. The van der Waals surface area contributed by atoms with Crippen molar-refractivity contribution in [3.05, 3.63) is 28.2 Å². The van der Waals surface area contributed by atoms with Crippen LogP contribution in [-0.4, -0.2) is 25.2 Å². The molecular weight excluding hydrogens is 324 g/mol. The van der Waals surface area contributed by atoms with Gasteiger partial charge in [-0.2, -0.15) is 0 Å². The molecule has 1 aliphatic carbocycles. The Morgan fingerprint density at radius 1 is 1.19 bits per heavy atom. The van der Waals surface area contributed by atoms with E-state index in [1.165, 1.54) is 73.9 Å². The molecule has 1 N–H and O–H groups in total. The van der Waals surface area contributed by atoms with Crippen molar-refractivity contribution in [2.45, 2.75) is 57.4 Å². The van der Waals surface area contributed by atoms with Gasteiger partial charge in [0, 0.05) is 28.8 Å². The fourth-order valence-electron chi connectivity index (χ4n) is 4.04. The van der Waals surface area contributed by atoms with E-state index in [0.717, 1.165) is 6.42 Å². The molecule has 1 aromatic carbocycles. The first-order valence-corrected chi connectivity index (χ1v) is 9.30. The minimum atomic E-state index is 0.368. The zero-order valence-electron chi connectivity index (χ0n) is 13.1. The molecule has 2 fully saturated rings. The van der Waals surface area contributed by atoms with E-state index in [9.17, 15) is 0 Å². The largest absolute Gasteiger partial charge is 0.369 e. The lowest BCUT2D eigenvalue weighted by Crippen LogP contribution is -2.52. The SMILES string of the molecule is CCc1cc(Br)ccc1N1CCCNC2(CCCCC2)C1. The van der Waals surface area contributed by atoms with Crippen LogP contribution in [-0.2, 0) is 6.42 Å². The van der Waals surface area contributed by atoms with Gasteiger partial charge >= 0.3 is 0 Å². The molecule has 116 valence electrons. The van der Waals surface area contributed by atoms with E-state index in [4.69, 9.17) is 0 Å². The van der Waals surface area contributed by atoms with Gasteiger partial charge in [-0.05, 0) is 56.0 Å². The summed E-state index contributed by atoms with van der Waals surface area (Å²) in [7, 11) is 0. The molecule has 1 spiro atoms. The Kier molecular flexibility index (Phi) is 4.90. The normalized spacial score (nSPS) is 22.3. The van der Waals surface area contributed by atoms with Crippen molar-refractivity contribution in [2.75, 3.05) is 24.5 Å². The topological polar surface area (TPSA) is 15.3 Å². The van der Waals surface area contributed by atoms with Crippen LogP contribution in [0.2, 0.25) is 0 Å². The Hall–Kier alpha value is -0.540. The van der Waals surface area contributed by atoms with Crippen LogP contribution in [0.15, 0.2) is 22.7 Å². The van der Waals surface area contributed by atoms with Crippen LogP contribution in [0, 0.1) is 0 Å². The molecule has 3 heteroatoms. The lowest BCUT2D eigenvalue weighted by atomic mass is 9.81. The fourth-order valence-corrected chi connectivity index (χ4v) is 4.45. The van der Waals surface area contributed by atoms with E-state index < -0.39 is 0 Å². The Bertz CT molecular complexity index is 480. The van der Waals surface area contributed by atoms with Gasteiger partial charge in [-0.1, -0.05) is 42.1 Å². The Morgan fingerprint density at radius 2 is 2.00 bits per heavy atom. The standard InChI is InChI=1S/C18H27BrN2/c1-2-15-13-16(19)7-8-17(15)21-12-6-11-20-18(14-21)9-4-3-5-10-18/h7-8,13,20H,2-6,9-12,14H2,1H3. The van der Waals surface area contributed by atoms with Crippen LogP contribution >= 0.6 is 15.9 Å². The molecule has 0 aromatic heterocycles. The second kappa shape index (κ2) is 6.70. The maximum atomic E-state index is 3.89. The molecule has 0 unspecified atom stereocenters. The summed E-state index contributed by atoms with van der Waals surface area (Å²) in [5.74, 6) is 0. The van der Waals surface area contributed by atoms with E-state index in [2.05, 4.69) is 51.3 Å². The maximum absolute atomic E-state index is 3.89. The van der Waals surface area contributed by atoms with E-state index in [1.54, 1.807) is 0 Å². The number of halogens is 1. The Balaban J connectivity index is 1.86. The minimum absolute atomic E-state index is 0.368. The van der Waals surface area contributed by atoms with Crippen molar-refractivity contribution in [2.24, 2.45) is 0 Å². The summed E-state index contributed by atoms with van der Waals surface area (Å²) in [6.07, 6.45) is 9.25. The number of anilines is 1. The van der Waals surface area contributed by atoms with Crippen LogP contribution in [0.4, 0.5) is 5.69 Å². The van der Waals surface area contributed by atoms with Gasteiger partial charge in [0.15, 0.2) is 0 Å². The van der Waals surface area contributed by atoms with E-state index >= 15 is 0 Å². The van der Waals surface area contributed by atoms with Crippen LogP contribution in [0.1, 0.15) is 51.0 Å². The monoisotopic (exact) mass is 350 g/mol. The molecule has 1 heterocycles. The number of hydrogen-bond acceptors (Lipinski definition) is 2. The van der Waals surface area contributed by atoms with E-state index in [-0.39, 0.29) is 0 Å². The predicted octanol–water partition coefficient (Wildman–Crippen LogP) is 4.51. The van der Waals surface area contributed by atoms with Gasteiger partial charge in [0.2, 0.25) is 0 Å². The van der Waals surface area contributed by atoms with Crippen molar-refractivity contribution >= 4 is 21.6 Å². The highest BCUT2D eigenvalue weighted by atomic mass is 79.9. The molecule has 0 radical (unpaired) electrons. The van der Waals surface area contributed by atoms with Gasteiger partial charge in [0.05, 0.1) is 0 Å². The quantitative estimate of drug-likeness (QED) is 0.843. The van der Waals surface area contributed by atoms with Crippen LogP contribution in [0.3, 0.4) is 0 Å². The molecule has 0 atom stereocenters. The molecule has 21 heavy (non-hydrogen) atoms. The molecule has 1 saturated carbocycles. The number of nitrogens with zero attached hydrogens (tertiary/aromatic N) is 1. The molecule has 1 saturated heterocycles. The lowest BCUT2D eigenvalue weighted by Gasteiger charge is -2.41. The molecule has 2 aliphatic rings. The third kappa shape index (κ3) is 3.45. The molecule has 1 aromatic rings. The molecule has 3 rings (SSSR count). The van der Waals surface area contributed by atoms with Crippen molar-refractivity contribution in [3.63, 3.8) is 0 Å². The number of hydrogen-bond donors (Lipinski definition) is 1. The summed E-state index contributed by atoms with van der Waals surface area (Å²) in [5.41, 5.74) is 3.29. The highest BCUT2D eigenvalue weighted by Crippen LogP contribution is 2.33. The van der Waals surface area contributed by atoms with Crippen LogP contribution < -0.4 is 10.2 Å². The summed E-state index contributed by atoms with van der Waals surface area (Å²) in [6, 6.07) is 6.80. The number of aryl methyl sites for hydroxylation is 1. The zero-order chi connectivity index (χ0) is 14.7.